The molecule has 3 N–H and O–H groups in total. The standard InChI is InChI=1S/C12H17N5/c13-9-12(5-1-2-6-12)16-10-4-8-17-11(15-10)3-7-14-17/h3-4,7-8H,1-2,5-6,9,13H2,(H,15,16). The first-order chi connectivity index (χ1) is 8.31. The number of nitrogens with one attached hydrogen (secondary N) is 1. The van der Waals surface area contributed by atoms with Crippen LogP contribution in [0.3, 0.4) is 0 Å². The summed E-state index contributed by atoms with van der Waals surface area (Å²) >= 11 is 0. The van der Waals surface area contributed by atoms with E-state index in [1.54, 1.807) is 10.7 Å². The molecule has 0 unspecified atom stereocenters. The molecule has 90 valence electrons. The fourth-order valence-corrected chi connectivity index (χ4v) is 2.59. The van der Waals surface area contributed by atoms with Crippen molar-refractivity contribution in [3.63, 3.8) is 0 Å². The minimum atomic E-state index is 0.0470. The van der Waals surface area contributed by atoms with Crippen LogP contribution < -0.4 is 11.1 Å². The molecular formula is C12H17N5. The van der Waals surface area contributed by atoms with Crippen LogP contribution in [0.15, 0.2) is 24.5 Å². The van der Waals surface area contributed by atoms with Crippen molar-refractivity contribution in [3.8, 4) is 0 Å². The second-order valence-electron chi connectivity index (χ2n) is 4.76. The topological polar surface area (TPSA) is 68.2 Å². The third-order valence-corrected chi connectivity index (χ3v) is 3.60. The molecule has 5 nitrogen and oxygen atoms in total. The Morgan fingerprint density at radius 2 is 2.18 bits per heavy atom. The predicted molar refractivity (Wildman–Crippen MR) is 66.9 cm³/mol. The minimum Gasteiger partial charge on any atom is -0.363 e. The molecule has 0 saturated heterocycles. The van der Waals surface area contributed by atoms with Crippen LogP contribution in [0.4, 0.5) is 5.82 Å². The van der Waals surface area contributed by atoms with Crippen molar-refractivity contribution < 1.29 is 0 Å². The molecule has 1 aliphatic carbocycles. The van der Waals surface area contributed by atoms with Crippen LogP contribution in [-0.2, 0) is 0 Å². The fourth-order valence-electron chi connectivity index (χ4n) is 2.59. The van der Waals surface area contributed by atoms with E-state index < -0.39 is 0 Å². The van der Waals surface area contributed by atoms with Gasteiger partial charge in [-0.2, -0.15) is 5.10 Å². The zero-order valence-electron chi connectivity index (χ0n) is 9.76. The molecular weight excluding hydrogens is 214 g/mol. The van der Waals surface area contributed by atoms with Crippen LogP contribution in [0.1, 0.15) is 25.7 Å². The molecule has 1 aliphatic rings. The van der Waals surface area contributed by atoms with Gasteiger partial charge >= 0.3 is 0 Å². The van der Waals surface area contributed by atoms with E-state index in [0.29, 0.717) is 6.54 Å². The van der Waals surface area contributed by atoms with Gasteiger partial charge in [0.2, 0.25) is 0 Å². The van der Waals surface area contributed by atoms with Crippen molar-refractivity contribution in [2.24, 2.45) is 5.73 Å². The number of hydrogen-bond donors (Lipinski definition) is 2. The lowest BCUT2D eigenvalue weighted by atomic mass is 9.98. The highest BCUT2D eigenvalue weighted by Crippen LogP contribution is 2.31. The molecule has 1 fully saturated rings. The van der Waals surface area contributed by atoms with Gasteiger partial charge in [-0.15, -0.1) is 0 Å². The molecule has 2 aromatic rings. The molecule has 2 heterocycles. The monoisotopic (exact) mass is 231 g/mol. The summed E-state index contributed by atoms with van der Waals surface area (Å²) < 4.78 is 1.76. The van der Waals surface area contributed by atoms with Crippen LogP contribution in [0.5, 0.6) is 0 Å². The number of rotatable bonds is 3. The van der Waals surface area contributed by atoms with Crippen molar-refractivity contribution >= 4 is 11.5 Å². The van der Waals surface area contributed by atoms with Crippen molar-refractivity contribution in [1.82, 2.24) is 14.6 Å². The van der Waals surface area contributed by atoms with E-state index in [4.69, 9.17) is 5.73 Å². The average molecular weight is 231 g/mol. The summed E-state index contributed by atoms with van der Waals surface area (Å²) in [6, 6.07) is 3.85. The van der Waals surface area contributed by atoms with Gasteiger partial charge in [0.25, 0.3) is 0 Å². The van der Waals surface area contributed by atoms with Crippen LogP contribution in [0.25, 0.3) is 5.65 Å². The van der Waals surface area contributed by atoms with E-state index in [0.717, 1.165) is 24.3 Å². The Morgan fingerprint density at radius 1 is 1.35 bits per heavy atom. The van der Waals surface area contributed by atoms with Crippen LogP contribution in [-0.4, -0.2) is 26.7 Å². The van der Waals surface area contributed by atoms with Gasteiger partial charge in [0, 0.05) is 18.8 Å². The van der Waals surface area contributed by atoms with Gasteiger partial charge in [0.05, 0.1) is 11.7 Å². The second-order valence-corrected chi connectivity index (χ2v) is 4.76. The van der Waals surface area contributed by atoms with Gasteiger partial charge in [-0.25, -0.2) is 9.50 Å². The number of nitrogens with two attached hydrogens (primary N) is 1. The maximum Gasteiger partial charge on any atom is 0.157 e. The highest BCUT2D eigenvalue weighted by molar-refractivity contribution is 5.47. The Morgan fingerprint density at radius 3 is 2.94 bits per heavy atom. The molecule has 0 bridgehead atoms. The molecule has 0 aromatic carbocycles. The van der Waals surface area contributed by atoms with E-state index >= 15 is 0 Å². The highest BCUT2D eigenvalue weighted by atomic mass is 15.2. The molecule has 0 aliphatic heterocycles. The normalized spacial score (nSPS) is 18.6. The van der Waals surface area contributed by atoms with Gasteiger partial charge in [-0.05, 0) is 18.9 Å². The van der Waals surface area contributed by atoms with Gasteiger partial charge in [0.1, 0.15) is 5.82 Å². The smallest absolute Gasteiger partial charge is 0.157 e. The van der Waals surface area contributed by atoms with E-state index in [-0.39, 0.29) is 5.54 Å². The zero-order valence-corrected chi connectivity index (χ0v) is 9.76. The van der Waals surface area contributed by atoms with Gasteiger partial charge < -0.3 is 11.1 Å². The fraction of sp³-hybridized carbons (Fsp3) is 0.500. The summed E-state index contributed by atoms with van der Waals surface area (Å²) in [7, 11) is 0. The molecule has 5 heteroatoms. The summed E-state index contributed by atoms with van der Waals surface area (Å²) in [5.41, 5.74) is 6.81. The van der Waals surface area contributed by atoms with E-state index in [1.807, 2.05) is 18.3 Å². The van der Waals surface area contributed by atoms with E-state index in [1.165, 1.54) is 12.8 Å². The number of fused-ring (bicyclic) bond motifs is 1. The molecule has 2 aromatic heterocycles. The molecule has 17 heavy (non-hydrogen) atoms. The Balaban J connectivity index is 1.88. The maximum absolute atomic E-state index is 5.90. The summed E-state index contributed by atoms with van der Waals surface area (Å²) in [6.07, 6.45) is 8.44. The van der Waals surface area contributed by atoms with Crippen molar-refractivity contribution in [3.05, 3.63) is 24.5 Å². The van der Waals surface area contributed by atoms with Crippen LogP contribution in [0.2, 0.25) is 0 Å². The van der Waals surface area contributed by atoms with Gasteiger partial charge in [-0.1, -0.05) is 12.8 Å². The lowest BCUT2D eigenvalue weighted by Gasteiger charge is -2.29. The summed E-state index contributed by atoms with van der Waals surface area (Å²) in [6.45, 7) is 0.666. The Hall–Kier alpha value is -1.62. The number of hydrogen-bond acceptors (Lipinski definition) is 4. The van der Waals surface area contributed by atoms with Crippen LogP contribution in [0, 0.1) is 0 Å². The first kappa shape index (κ1) is 10.5. The Kier molecular flexibility index (Phi) is 2.48. The quantitative estimate of drug-likeness (QED) is 0.838. The van der Waals surface area contributed by atoms with Crippen molar-refractivity contribution in [2.75, 3.05) is 11.9 Å². The van der Waals surface area contributed by atoms with Crippen LogP contribution >= 0.6 is 0 Å². The minimum absolute atomic E-state index is 0.0470. The Bertz CT molecular complexity index is 512. The second kappa shape index (κ2) is 4.00. The Labute approximate surface area is 100 Å². The predicted octanol–water partition coefficient (Wildman–Crippen LogP) is 1.41. The van der Waals surface area contributed by atoms with E-state index in [2.05, 4.69) is 15.4 Å². The molecule has 0 amide bonds. The molecule has 0 radical (unpaired) electrons. The maximum atomic E-state index is 5.90. The lowest BCUT2D eigenvalue weighted by molar-refractivity contribution is 0.491. The zero-order chi connectivity index (χ0) is 11.7. The third kappa shape index (κ3) is 1.86. The largest absolute Gasteiger partial charge is 0.363 e. The number of nitrogens with zero attached hydrogens (tertiary/aromatic N) is 3. The molecule has 3 rings (SSSR count). The number of aromatic nitrogens is 3. The summed E-state index contributed by atoms with van der Waals surface area (Å²) in [4.78, 5) is 4.53. The molecule has 0 atom stereocenters. The molecule has 0 spiro atoms. The number of anilines is 1. The first-order valence-electron chi connectivity index (χ1n) is 6.10. The lowest BCUT2D eigenvalue weighted by Crippen LogP contribution is -2.43. The first-order valence-corrected chi connectivity index (χ1v) is 6.10. The third-order valence-electron chi connectivity index (χ3n) is 3.60. The highest BCUT2D eigenvalue weighted by Gasteiger charge is 2.32. The summed E-state index contributed by atoms with van der Waals surface area (Å²) in [5.74, 6) is 0.894. The van der Waals surface area contributed by atoms with E-state index in [9.17, 15) is 0 Å². The summed E-state index contributed by atoms with van der Waals surface area (Å²) in [5, 5.41) is 7.64. The van der Waals surface area contributed by atoms with Gasteiger partial charge in [-0.3, -0.25) is 0 Å². The SMILES string of the molecule is NCC1(Nc2ccn3nccc3n2)CCCC1. The van der Waals surface area contributed by atoms with Crippen molar-refractivity contribution in [1.29, 1.82) is 0 Å². The molecule has 1 saturated carbocycles. The van der Waals surface area contributed by atoms with Crippen molar-refractivity contribution in [2.45, 2.75) is 31.2 Å². The average Bonchev–Trinajstić information content (AvgIpc) is 2.97. The van der Waals surface area contributed by atoms with Gasteiger partial charge in [0.15, 0.2) is 5.65 Å².